The van der Waals surface area contributed by atoms with Gasteiger partial charge in [-0.05, 0) is 12.5 Å². The van der Waals surface area contributed by atoms with E-state index >= 15 is 0 Å². The Hall–Kier alpha value is -4.00. The first-order valence-corrected chi connectivity index (χ1v) is 10.9. The van der Waals surface area contributed by atoms with E-state index in [-0.39, 0.29) is 0 Å². The molecule has 1 aliphatic heterocycles. The minimum absolute atomic E-state index is 0.413. The van der Waals surface area contributed by atoms with Crippen LogP contribution in [0.3, 0.4) is 0 Å². The molecule has 0 aromatic heterocycles. The SMILES string of the molecule is CC(=O)OC[C@H]1O[C@@H](NC(=O)N/N=C/c2ccc(C)cc2)[C@H](OC(C)=O)[C@@H](OC(C)=O)[C@@H]1OC(C)=O. The van der Waals surface area contributed by atoms with E-state index in [1.165, 1.54) is 6.21 Å². The number of benzene rings is 1. The Balaban J connectivity index is 2.27. The molecule has 2 rings (SSSR count). The number of hydrogen-bond donors (Lipinski definition) is 2. The first kappa shape index (κ1) is 28.2. The van der Waals surface area contributed by atoms with Gasteiger partial charge in [-0.1, -0.05) is 29.8 Å². The topological polar surface area (TPSA) is 168 Å². The van der Waals surface area contributed by atoms with E-state index in [2.05, 4.69) is 15.8 Å². The lowest BCUT2D eigenvalue weighted by Gasteiger charge is -2.44. The van der Waals surface area contributed by atoms with Crippen LogP contribution in [-0.2, 0) is 42.9 Å². The van der Waals surface area contributed by atoms with Crippen molar-refractivity contribution < 1.29 is 47.7 Å². The Morgan fingerprint density at radius 1 is 0.861 bits per heavy atom. The molecule has 36 heavy (non-hydrogen) atoms. The summed E-state index contributed by atoms with van der Waals surface area (Å²) in [5, 5.41) is 6.28. The third-order valence-electron chi connectivity index (χ3n) is 4.72. The lowest BCUT2D eigenvalue weighted by molar-refractivity contribution is -0.255. The molecule has 13 heteroatoms. The summed E-state index contributed by atoms with van der Waals surface area (Å²) in [6.45, 7) is 5.98. The van der Waals surface area contributed by atoms with Crippen molar-refractivity contribution in [2.75, 3.05) is 6.61 Å². The third kappa shape index (κ3) is 8.98. The fourth-order valence-electron chi connectivity index (χ4n) is 3.32. The fraction of sp³-hybridized carbons (Fsp3) is 0.478. The summed E-state index contributed by atoms with van der Waals surface area (Å²) in [6.07, 6.45) is -5.32. The van der Waals surface area contributed by atoms with E-state index in [1.54, 1.807) is 12.1 Å². The summed E-state index contributed by atoms with van der Waals surface area (Å²) < 4.78 is 26.6. The molecule has 2 N–H and O–H groups in total. The maximum absolute atomic E-state index is 12.5. The summed E-state index contributed by atoms with van der Waals surface area (Å²) in [6, 6.07) is 6.51. The molecule has 1 aromatic carbocycles. The number of rotatable bonds is 8. The van der Waals surface area contributed by atoms with E-state index in [4.69, 9.17) is 23.7 Å². The number of carbonyl (C=O) groups excluding carboxylic acids is 5. The predicted molar refractivity (Wildman–Crippen MR) is 122 cm³/mol. The second kappa shape index (κ2) is 13.2. The summed E-state index contributed by atoms with van der Waals surface area (Å²) in [7, 11) is 0. The van der Waals surface area contributed by atoms with Crippen LogP contribution in [0.2, 0.25) is 0 Å². The number of aryl methyl sites for hydroxylation is 1. The zero-order chi connectivity index (χ0) is 26.8. The van der Waals surface area contributed by atoms with Crippen LogP contribution in [0.1, 0.15) is 38.8 Å². The Morgan fingerprint density at radius 3 is 1.97 bits per heavy atom. The van der Waals surface area contributed by atoms with Crippen LogP contribution < -0.4 is 10.7 Å². The molecule has 0 spiro atoms. The molecule has 196 valence electrons. The summed E-state index contributed by atoms with van der Waals surface area (Å²) >= 11 is 0. The van der Waals surface area contributed by atoms with Crippen LogP contribution in [-0.4, -0.2) is 73.4 Å². The van der Waals surface area contributed by atoms with Crippen molar-refractivity contribution in [1.82, 2.24) is 10.7 Å². The standard InChI is InChI=1S/C23H29N3O10/c1-12-6-8-17(9-7-12)10-24-26-23(31)25-22-21(35-16(5)30)20(34-15(4)29)19(33-14(3)28)18(36-22)11-32-13(2)27/h6-10,18-22H,11H2,1-5H3,(H2,25,26,31)/b24-10+/t18-,19-,20+,21-,22-/m1/s1. The third-order valence-corrected chi connectivity index (χ3v) is 4.72. The van der Waals surface area contributed by atoms with Crippen molar-refractivity contribution >= 4 is 36.1 Å². The predicted octanol–water partition coefficient (Wildman–Crippen LogP) is 0.711. The number of carbonyl (C=O) groups is 5. The van der Waals surface area contributed by atoms with E-state index in [0.717, 1.165) is 38.8 Å². The molecule has 0 unspecified atom stereocenters. The van der Waals surface area contributed by atoms with Crippen molar-refractivity contribution in [3.05, 3.63) is 35.4 Å². The van der Waals surface area contributed by atoms with Gasteiger partial charge in [0.25, 0.3) is 0 Å². The monoisotopic (exact) mass is 507 g/mol. The number of nitrogens with zero attached hydrogens (tertiary/aromatic N) is 1. The van der Waals surface area contributed by atoms with Gasteiger partial charge in [0.05, 0.1) is 6.21 Å². The molecule has 5 atom stereocenters. The molecule has 1 fully saturated rings. The molecule has 0 bridgehead atoms. The highest BCUT2D eigenvalue weighted by molar-refractivity contribution is 5.82. The molecular weight excluding hydrogens is 478 g/mol. The van der Waals surface area contributed by atoms with Gasteiger partial charge in [0, 0.05) is 27.7 Å². The molecule has 0 aliphatic carbocycles. The van der Waals surface area contributed by atoms with Crippen molar-refractivity contribution in [1.29, 1.82) is 0 Å². The highest BCUT2D eigenvalue weighted by Gasteiger charge is 2.52. The van der Waals surface area contributed by atoms with Crippen LogP contribution in [0.15, 0.2) is 29.4 Å². The fourth-order valence-corrected chi connectivity index (χ4v) is 3.32. The normalized spacial score (nSPS) is 23.3. The Labute approximate surface area is 207 Å². The molecule has 2 amide bonds. The van der Waals surface area contributed by atoms with Gasteiger partial charge in [0.1, 0.15) is 12.7 Å². The van der Waals surface area contributed by atoms with Crippen LogP contribution in [0.5, 0.6) is 0 Å². The number of hydrazone groups is 1. The van der Waals surface area contributed by atoms with Crippen LogP contribution in [0, 0.1) is 6.92 Å². The smallest absolute Gasteiger partial charge is 0.337 e. The highest BCUT2D eigenvalue weighted by atomic mass is 16.7. The molecular formula is C23H29N3O10. The number of esters is 4. The van der Waals surface area contributed by atoms with E-state index < -0.39 is 67.2 Å². The molecule has 0 saturated carbocycles. The quantitative estimate of drug-likeness (QED) is 0.221. The number of urea groups is 1. The van der Waals surface area contributed by atoms with Crippen molar-refractivity contribution in [2.24, 2.45) is 5.10 Å². The Morgan fingerprint density at radius 2 is 1.42 bits per heavy atom. The molecule has 13 nitrogen and oxygen atoms in total. The van der Waals surface area contributed by atoms with Gasteiger partial charge in [0.2, 0.25) is 0 Å². The van der Waals surface area contributed by atoms with Gasteiger partial charge in [-0.2, -0.15) is 5.10 Å². The minimum atomic E-state index is -1.42. The Bertz CT molecular complexity index is 994. The highest BCUT2D eigenvalue weighted by Crippen LogP contribution is 2.28. The number of ether oxygens (including phenoxy) is 5. The van der Waals surface area contributed by atoms with E-state index in [1.807, 2.05) is 19.1 Å². The van der Waals surface area contributed by atoms with Gasteiger partial charge in [0.15, 0.2) is 24.5 Å². The van der Waals surface area contributed by atoms with Gasteiger partial charge in [-0.25, -0.2) is 10.2 Å². The maximum Gasteiger partial charge on any atom is 0.337 e. The summed E-state index contributed by atoms with van der Waals surface area (Å²) in [5.41, 5.74) is 4.04. The average Bonchev–Trinajstić information content (AvgIpc) is 2.77. The lowest BCUT2D eigenvalue weighted by atomic mass is 9.97. The number of nitrogens with one attached hydrogen (secondary N) is 2. The average molecular weight is 507 g/mol. The zero-order valence-electron chi connectivity index (χ0n) is 20.5. The van der Waals surface area contributed by atoms with Gasteiger partial charge in [-0.15, -0.1) is 0 Å². The van der Waals surface area contributed by atoms with Crippen molar-refractivity contribution in [2.45, 2.75) is 65.3 Å². The molecule has 1 aliphatic rings. The van der Waals surface area contributed by atoms with Crippen LogP contribution in [0.25, 0.3) is 0 Å². The lowest BCUT2D eigenvalue weighted by Crippen LogP contribution is -2.66. The van der Waals surface area contributed by atoms with E-state index in [9.17, 15) is 24.0 Å². The minimum Gasteiger partial charge on any atom is -0.463 e. The summed E-state index contributed by atoms with van der Waals surface area (Å²) in [4.78, 5) is 59.2. The second-order valence-corrected chi connectivity index (χ2v) is 7.87. The van der Waals surface area contributed by atoms with Crippen molar-refractivity contribution in [3.63, 3.8) is 0 Å². The molecule has 1 heterocycles. The second-order valence-electron chi connectivity index (χ2n) is 7.87. The first-order chi connectivity index (χ1) is 17.0. The van der Waals surface area contributed by atoms with Crippen LogP contribution >= 0.6 is 0 Å². The largest absolute Gasteiger partial charge is 0.463 e. The van der Waals surface area contributed by atoms with E-state index in [0.29, 0.717) is 0 Å². The molecule has 1 saturated heterocycles. The van der Waals surface area contributed by atoms with Gasteiger partial charge in [-0.3, -0.25) is 19.2 Å². The number of hydrogen-bond acceptors (Lipinski definition) is 11. The molecule has 0 radical (unpaired) electrons. The maximum atomic E-state index is 12.5. The first-order valence-electron chi connectivity index (χ1n) is 10.9. The van der Waals surface area contributed by atoms with Gasteiger partial charge < -0.3 is 29.0 Å². The van der Waals surface area contributed by atoms with Gasteiger partial charge >= 0.3 is 29.9 Å². The Kier molecular flexibility index (Phi) is 10.3. The summed E-state index contributed by atoms with van der Waals surface area (Å²) in [5.74, 6) is -2.98. The van der Waals surface area contributed by atoms with Crippen LogP contribution in [0.4, 0.5) is 4.79 Å². The zero-order valence-corrected chi connectivity index (χ0v) is 20.5. The van der Waals surface area contributed by atoms with Crippen molar-refractivity contribution in [3.8, 4) is 0 Å². The molecule has 1 aromatic rings. The number of amides is 2.